The number of ether oxygens (including phenoxy) is 4. The van der Waals surface area contributed by atoms with Crippen molar-refractivity contribution in [2.75, 3.05) is 32.8 Å². The van der Waals surface area contributed by atoms with Gasteiger partial charge in [0.2, 0.25) is 0 Å². The Kier molecular flexibility index (Phi) is 7.10. The number of benzene rings is 2. The first-order valence-corrected chi connectivity index (χ1v) is 9.33. The van der Waals surface area contributed by atoms with E-state index in [1.165, 1.54) is 0 Å². The largest absolute Gasteiger partial charge is 0.497 e. The highest BCUT2D eigenvalue weighted by atomic mass is 16.5. The van der Waals surface area contributed by atoms with Crippen molar-refractivity contribution in [2.24, 2.45) is 0 Å². The van der Waals surface area contributed by atoms with Gasteiger partial charge in [-0.25, -0.2) is 4.98 Å². The van der Waals surface area contributed by atoms with E-state index in [0.717, 1.165) is 11.3 Å². The predicted molar refractivity (Wildman–Crippen MR) is 113 cm³/mol. The highest BCUT2D eigenvalue weighted by Gasteiger charge is 2.19. The van der Waals surface area contributed by atoms with Crippen LogP contribution in [0.4, 0.5) is 5.82 Å². The third-order valence-electron chi connectivity index (χ3n) is 4.44. The lowest BCUT2D eigenvalue weighted by atomic mass is 10.2. The average Bonchev–Trinajstić information content (AvgIpc) is 2.81. The van der Waals surface area contributed by atoms with Crippen LogP contribution in [-0.2, 0) is 11.3 Å². The van der Waals surface area contributed by atoms with E-state index in [1.54, 1.807) is 68.8 Å². The minimum absolute atomic E-state index is 0.129. The zero-order valence-corrected chi connectivity index (χ0v) is 17.2. The van der Waals surface area contributed by atoms with E-state index in [0.29, 0.717) is 29.6 Å². The molecule has 3 aromatic rings. The fraction of sp³-hybridized carbons (Fsp3) is 0.217. The SMILES string of the molecule is COc1ccc(OCC(=O)N(Cc2ccc(OC)c(OC)c2)c2ccccn2)cc1. The van der Waals surface area contributed by atoms with Crippen molar-refractivity contribution in [1.29, 1.82) is 0 Å². The molecule has 1 amide bonds. The molecule has 1 aromatic heterocycles. The minimum atomic E-state index is -0.223. The van der Waals surface area contributed by atoms with Gasteiger partial charge >= 0.3 is 0 Å². The van der Waals surface area contributed by atoms with Crippen LogP contribution in [0.5, 0.6) is 23.0 Å². The summed E-state index contributed by atoms with van der Waals surface area (Å²) in [5.41, 5.74) is 0.871. The van der Waals surface area contributed by atoms with Crippen LogP contribution in [0.1, 0.15) is 5.56 Å². The number of methoxy groups -OCH3 is 3. The van der Waals surface area contributed by atoms with Crippen LogP contribution in [0, 0.1) is 0 Å². The fourth-order valence-corrected chi connectivity index (χ4v) is 2.87. The number of carbonyl (C=O) groups is 1. The van der Waals surface area contributed by atoms with Crippen molar-refractivity contribution >= 4 is 11.7 Å². The highest BCUT2D eigenvalue weighted by Crippen LogP contribution is 2.28. The molecule has 0 aliphatic heterocycles. The normalized spacial score (nSPS) is 10.2. The zero-order chi connectivity index (χ0) is 21.3. The predicted octanol–water partition coefficient (Wildman–Crippen LogP) is 3.72. The second kappa shape index (κ2) is 10.2. The average molecular weight is 408 g/mol. The molecule has 0 N–H and O–H groups in total. The maximum absolute atomic E-state index is 13.0. The number of hydrogen-bond donors (Lipinski definition) is 0. The van der Waals surface area contributed by atoms with Crippen LogP contribution >= 0.6 is 0 Å². The summed E-state index contributed by atoms with van der Waals surface area (Å²) in [5, 5.41) is 0. The van der Waals surface area contributed by atoms with Gasteiger partial charge in [0.15, 0.2) is 18.1 Å². The summed E-state index contributed by atoms with van der Waals surface area (Å²) >= 11 is 0. The van der Waals surface area contributed by atoms with Gasteiger partial charge in [-0.3, -0.25) is 9.69 Å². The number of carbonyl (C=O) groups excluding carboxylic acids is 1. The number of anilines is 1. The smallest absolute Gasteiger partial charge is 0.266 e. The minimum Gasteiger partial charge on any atom is -0.497 e. The second-order valence-corrected chi connectivity index (χ2v) is 6.32. The Balaban J connectivity index is 1.77. The van der Waals surface area contributed by atoms with Gasteiger partial charge in [0, 0.05) is 6.20 Å². The summed E-state index contributed by atoms with van der Waals surface area (Å²) in [6, 6.07) is 18.0. The quantitative estimate of drug-likeness (QED) is 0.538. The lowest BCUT2D eigenvalue weighted by molar-refractivity contribution is -0.120. The number of pyridine rings is 1. The first-order valence-electron chi connectivity index (χ1n) is 9.33. The molecule has 156 valence electrons. The molecule has 2 aromatic carbocycles. The molecule has 0 unspecified atom stereocenters. The van der Waals surface area contributed by atoms with E-state index in [4.69, 9.17) is 18.9 Å². The summed E-state index contributed by atoms with van der Waals surface area (Å²) in [5.74, 6) is 2.83. The molecule has 0 aliphatic carbocycles. The third kappa shape index (κ3) is 5.20. The maximum atomic E-state index is 13.0. The zero-order valence-electron chi connectivity index (χ0n) is 17.2. The Morgan fingerprint density at radius 1 is 0.867 bits per heavy atom. The number of hydrogen-bond acceptors (Lipinski definition) is 6. The third-order valence-corrected chi connectivity index (χ3v) is 4.44. The van der Waals surface area contributed by atoms with Gasteiger partial charge in [0.05, 0.1) is 27.9 Å². The summed E-state index contributed by atoms with van der Waals surface area (Å²) in [7, 11) is 4.75. The molecule has 30 heavy (non-hydrogen) atoms. The fourth-order valence-electron chi connectivity index (χ4n) is 2.87. The molecular weight excluding hydrogens is 384 g/mol. The van der Waals surface area contributed by atoms with Gasteiger partial charge < -0.3 is 18.9 Å². The topological polar surface area (TPSA) is 70.1 Å². The second-order valence-electron chi connectivity index (χ2n) is 6.32. The Bertz CT molecular complexity index is 961. The Morgan fingerprint density at radius 2 is 1.60 bits per heavy atom. The van der Waals surface area contributed by atoms with Crippen LogP contribution in [0.2, 0.25) is 0 Å². The molecule has 0 saturated carbocycles. The van der Waals surface area contributed by atoms with Gasteiger partial charge in [-0.15, -0.1) is 0 Å². The monoisotopic (exact) mass is 408 g/mol. The van der Waals surface area contributed by atoms with Crippen molar-refractivity contribution in [3.8, 4) is 23.0 Å². The number of aromatic nitrogens is 1. The van der Waals surface area contributed by atoms with Gasteiger partial charge in [0.25, 0.3) is 5.91 Å². The van der Waals surface area contributed by atoms with Gasteiger partial charge in [0.1, 0.15) is 17.3 Å². The van der Waals surface area contributed by atoms with Crippen molar-refractivity contribution in [3.05, 3.63) is 72.4 Å². The van der Waals surface area contributed by atoms with Crippen LogP contribution in [-0.4, -0.2) is 38.8 Å². The summed E-state index contributed by atoms with van der Waals surface area (Å²) in [6.45, 7) is 0.179. The van der Waals surface area contributed by atoms with Gasteiger partial charge in [-0.1, -0.05) is 12.1 Å². The Morgan fingerprint density at radius 3 is 2.23 bits per heavy atom. The van der Waals surface area contributed by atoms with Crippen LogP contribution in [0.3, 0.4) is 0 Å². The summed E-state index contributed by atoms with van der Waals surface area (Å²) in [4.78, 5) is 18.9. The van der Waals surface area contributed by atoms with Crippen molar-refractivity contribution in [3.63, 3.8) is 0 Å². The number of rotatable bonds is 9. The van der Waals surface area contributed by atoms with Crippen LogP contribution in [0.25, 0.3) is 0 Å². The first-order chi connectivity index (χ1) is 14.6. The summed E-state index contributed by atoms with van der Waals surface area (Å²) < 4.78 is 21.5. The first kappa shape index (κ1) is 21.0. The van der Waals surface area contributed by atoms with Crippen molar-refractivity contribution < 1.29 is 23.7 Å². The standard InChI is InChI=1S/C23H24N2O5/c1-27-18-8-10-19(11-9-18)30-16-23(26)25(22-6-4-5-13-24-22)15-17-7-12-20(28-2)21(14-17)29-3/h4-14H,15-16H2,1-3H3. The molecule has 1 heterocycles. The van der Waals surface area contributed by atoms with Gasteiger partial charge in [-0.2, -0.15) is 0 Å². The Labute approximate surface area is 175 Å². The van der Waals surface area contributed by atoms with E-state index in [1.807, 2.05) is 24.3 Å². The molecule has 0 spiro atoms. The lowest BCUT2D eigenvalue weighted by Crippen LogP contribution is -2.35. The molecule has 0 fully saturated rings. The molecule has 7 nitrogen and oxygen atoms in total. The number of nitrogens with zero attached hydrogens (tertiary/aromatic N) is 2. The van der Waals surface area contributed by atoms with E-state index in [-0.39, 0.29) is 12.5 Å². The molecule has 0 bridgehead atoms. The molecule has 3 rings (SSSR count). The molecule has 0 aliphatic rings. The van der Waals surface area contributed by atoms with Crippen LogP contribution < -0.4 is 23.8 Å². The highest BCUT2D eigenvalue weighted by molar-refractivity contribution is 5.93. The van der Waals surface area contributed by atoms with Crippen LogP contribution in [0.15, 0.2) is 66.9 Å². The molecule has 0 atom stereocenters. The molecule has 0 radical (unpaired) electrons. The van der Waals surface area contributed by atoms with Gasteiger partial charge in [-0.05, 0) is 54.1 Å². The van der Waals surface area contributed by atoms with E-state index in [2.05, 4.69) is 4.98 Å². The molecule has 0 saturated heterocycles. The van der Waals surface area contributed by atoms with Crippen molar-refractivity contribution in [1.82, 2.24) is 4.98 Å². The van der Waals surface area contributed by atoms with E-state index in [9.17, 15) is 4.79 Å². The summed E-state index contributed by atoms with van der Waals surface area (Å²) in [6.07, 6.45) is 1.65. The van der Waals surface area contributed by atoms with Crippen molar-refractivity contribution in [2.45, 2.75) is 6.54 Å². The molecular formula is C23H24N2O5. The van der Waals surface area contributed by atoms with E-state index < -0.39 is 0 Å². The van der Waals surface area contributed by atoms with E-state index >= 15 is 0 Å². The maximum Gasteiger partial charge on any atom is 0.266 e. The Hall–Kier alpha value is -3.74. The lowest BCUT2D eigenvalue weighted by Gasteiger charge is -2.22. The number of amides is 1. The molecule has 7 heteroatoms.